The maximum Gasteiger partial charge on any atom is 0.256 e. The maximum absolute atomic E-state index is 13.1. The van der Waals surface area contributed by atoms with E-state index < -0.39 is 0 Å². The van der Waals surface area contributed by atoms with Crippen molar-refractivity contribution in [3.8, 4) is 0 Å². The van der Waals surface area contributed by atoms with Crippen LogP contribution < -0.4 is 0 Å². The molecule has 0 unspecified atom stereocenters. The molecule has 130 valence electrons. The molecule has 3 nitrogen and oxygen atoms in total. The highest BCUT2D eigenvalue weighted by Crippen LogP contribution is 2.24. The monoisotopic (exact) mass is 334 g/mol. The van der Waals surface area contributed by atoms with Crippen LogP contribution in [-0.4, -0.2) is 28.5 Å². The molecule has 3 rings (SSSR count). The summed E-state index contributed by atoms with van der Waals surface area (Å²) in [5.41, 5.74) is 3.16. The number of benzene rings is 2. The van der Waals surface area contributed by atoms with E-state index in [1.54, 1.807) is 0 Å². The molecule has 2 aromatic carbocycles. The zero-order chi connectivity index (χ0) is 17.6. The van der Waals surface area contributed by atoms with Gasteiger partial charge in [0.05, 0.1) is 5.56 Å². The van der Waals surface area contributed by atoms with Crippen molar-refractivity contribution >= 4 is 16.8 Å². The van der Waals surface area contributed by atoms with Gasteiger partial charge in [-0.1, -0.05) is 61.9 Å². The standard InChI is InChI=1S/C22H26N2O/c1-3-5-15-23(4-2)22(25)20-17-24(16-18-11-7-6-8-12-18)21-14-10-9-13-19(20)21/h6-14,17H,3-5,15-16H2,1-2H3. The fraction of sp³-hybridized carbons (Fsp3) is 0.318. The van der Waals surface area contributed by atoms with Crippen LogP contribution in [0.15, 0.2) is 60.8 Å². The summed E-state index contributed by atoms with van der Waals surface area (Å²) in [6.07, 6.45) is 4.16. The van der Waals surface area contributed by atoms with Crippen LogP contribution in [0.4, 0.5) is 0 Å². The lowest BCUT2D eigenvalue weighted by Gasteiger charge is -2.20. The van der Waals surface area contributed by atoms with Gasteiger partial charge in [-0.05, 0) is 25.0 Å². The van der Waals surface area contributed by atoms with Crippen LogP contribution in [0.25, 0.3) is 10.9 Å². The molecule has 0 atom stereocenters. The van der Waals surface area contributed by atoms with Gasteiger partial charge < -0.3 is 9.47 Å². The lowest BCUT2D eigenvalue weighted by molar-refractivity contribution is 0.0764. The molecule has 0 radical (unpaired) electrons. The summed E-state index contributed by atoms with van der Waals surface area (Å²) in [7, 11) is 0. The number of hydrogen-bond acceptors (Lipinski definition) is 1. The lowest BCUT2D eigenvalue weighted by Crippen LogP contribution is -2.31. The van der Waals surface area contributed by atoms with E-state index in [2.05, 4.69) is 54.8 Å². The molecular weight excluding hydrogens is 308 g/mol. The molecule has 0 aliphatic rings. The molecule has 0 saturated carbocycles. The van der Waals surface area contributed by atoms with Gasteiger partial charge in [0.2, 0.25) is 0 Å². The quantitative estimate of drug-likeness (QED) is 0.600. The van der Waals surface area contributed by atoms with Gasteiger partial charge in [0.15, 0.2) is 0 Å². The normalized spacial score (nSPS) is 11.0. The third-order valence-corrected chi connectivity index (χ3v) is 4.67. The number of hydrogen-bond donors (Lipinski definition) is 0. The summed E-state index contributed by atoms with van der Waals surface area (Å²) >= 11 is 0. The highest BCUT2D eigenvalue weighted by Gasteiger charge is 2.19. The Balaban J connectivity index is 1.97. The Morgan fingerprint density at radius 3 is 2.44 bits per heavy atom. The Hall–Kier alpha value is -2.55. The third kappa shape index (κ3) is 3.76. The Labute approximate surface area is 149 Å². The van der Waals surface area contributed by atoms with Gasteiger partial charge in [-0.3, -0.25) is 4.79 Å². The summed E-state index contributed by atoms with van der Waals surface area (Å²) in [5.74, 6) is 0.138. The highest BCUT2D eigenvalue weighted by molar-refractivity contribution is 6.07. The smallest absolute Gasteiger partial charge is 0.256 e. The molecule has 25 heavy (non-hydrogen) atoms. The number of fused-ring (bicyclic) bond motifs is 1. The van der Waals surface area contributed by atoms with Gasteiger partial charge in [-0.25, -0.2) is 0 Å². The van der Waals surface area contributed by atoms with Gasteiger partial charge in [-0.2, -0.15) is 0 Å². The Kier molecular flexibility index (Phi) is 5.54. The lowest BCUT2D eigenvalue weighted by atomic mass is 10.1. The molecule has 0 fully saturated rings. The van der Waals surface area contributed by atoms with Crippen LogP contribution in [0.1, 0.15) is 42.6 Å². The predicted molar refractivity (Wildman–Crippen MR) is 104 cm³/mol. The number of carbonyl (C=O) groups is 1. The van der Waals surface area contributed by atoms with Crippen LogP contribution in [0.2, 0.25) is 0 Å². The second kappa shape index (κ2) is 8.02. The average molecular weight is 334 g/mol. The zero-order valence-electron chi connectivity index (χ0n) is 15.1. The summed E-state index contributed by atoms with van der Waals surface area (Å²) in [4.78, 5) is 15.0. The first-order chi connectivity index (χ1) is 12.2. The molecule has 0 saturated heterocycles. The first kappa shape index (κ1) is 17.3. The molecule has 1 aromatic heterocycles. The number of unbranched alkanes of at least 4 members (excludes halogenated alkanes) is 1. The number of amides is 1. The molecule has 3 aromatic rings. The average Bonchev–Trinajstić information content (AvgIpc) is 3.02. The van der Waals surface area contributed by atoms with Crippen LogP contribution in [0.3, 0.4) is 0 Å². The van der Waals surface area contributed by atoms with E-state index in [1.807, 2.05) is 29.3 Å². The van der Waals surface area contributed by atoms with Gasteiger partial charge >= 0.3 is 0 Å². The van der Waals surface area contributed by atoms with Crippen molar-refractivity contribution < 1.29 is 4.79 Å². The van der Waals surface area contributed by atoms with E-state index in [0.29, 0.717) is 0 Å². The second-order valence-electron chi connectivity index (χ2n) is 6.41. The van der Waals surface area contributed by atoms with Gasteiger partial charge in [-0.15, -0.1) is 0 Å². The number of nitrogens with zero attached hydrogens (tertiary/aromatic N) is 2. The SMILES string of the molecule is CCCCN(CC)C(=O)c1cn(Cc2ccccc2)c2ccccc12. The van der Waals surface area contributed by atoms with Crippen molar-refractivity contribution in [2.45, 2.75) is 33.2 Å². The molecule has 0 aliphatic heterocycles. The van der Waals surface area contributed by atoms with Gasteiger partial charge in [0.25, 0.3) is 5.91 Å². The maximum atomic E-state index is 13.1. The number of para-hydroxylation sites is 1. The van der Waals surface area contributed by atoms with E-state index in [0.717, 1.165) is 48.9 Å². The van der Waals surface area contributed by atoms with Gasteiger partial charge in [0, 0.05) is 36.7 Å². The van der Waals surface area contributed by atoms with Crippen LogP contribution in [-0.2, 0) is 6.54 Å². The van der Waals surface area contributed by atoms with E-state index in [4.69, 9.17) is 0 Å². The molecule has 1 heterocycles. The van der Waals surface area contributed by atoms with E-state index in [-0.39, 0.29) is 5.91 Å². The highest BCUT2D eigenvalue weighted by atomic mass is 16.2. The first-order valence-corrected chi connectivity index (χ1v) is 9.15. The van der Waals surface area contributed by atoms with E-state index in [9.17, 15) is 4.79 Å². The van der Waals surface area contributed by atoms with Crippen LogP contribution in [0, 0.1) is 0 Å². The summed E-state index contributed by atoms with van der Waals surface area (Å²) in [6.45, 7) is 6.55. The summed E-state index contributed by atoms with van der Waals surface area (Å²) < 4.78 is 2.19. The van der Waals surface area contributed by atoms with Crippen molar-refractivity contribution in [2.24, 2.45) is 0 Å². The van der Waals surface area contributed by atoms with Crippen molar-refractivity contribution in [2.75, 3.05) is 13.1 Å². The number of aromatic nitrogens is 1. The van der Waals surface area contributed by atoms with Crippen molar-refractivity contribution in [3.63, 3.8) is 0 Å². The zero-order valence-corrected chi connectivity index (χ0v) is 15.1. The molecule has 0 bridgehead atoms. The molecule has 1 amide bonds. The van der Waals surface area contributed by atoms with Crippen molar-refractivity contribution in [3.05, 3.63) is 71.9 Å². The molecule has 0 aliphatic carbocycles. The van der Waals surface area contributed by atoms with Gasteiger partial charge in [0.1, 0.15) is 0 Å². The van der Waals surface area contributed by atoms with E-state index >= 15 is 0 Å². The van der Waals surface area contributed by atoms with Crippen molar-refractivity contribution in [1.82, 2.24) is 9.47 Å². The first-order valence-electron chi connectivity index (χ1n) is 9.15. The molecule has 0 spiro atoms. The summed E-state index contributed by atoms with van der Waals surface area (Å²) in [6, 6.07) is 18.6. The number of carbonyl (C=O) groups excluding carboxylic acids is 1. The van der Waals surface area contributed by atoms with Crippen LogP contribution >= 0.6 is 0 Å². The van der Waals surface area contributed by atoms with Crippen LogP contribution in [0.5, 0.6) is 0 Å². The number of rotatable bonds is 7. The fourth-order valence-corrected chi connectivity index (χ4v) is 3.25. The Morgan fingerprint density at radius 1 is 1.00 bits per heavy atom. The predicted octanol–water partition coefficient (Wildman–Crippen LogP) is 4.95. The molecular formula is C22H26N2O. The van der Waals surface area contributed by atoms with Crippen molar-refractivity contribution in [1.29, 1.82) is 0 Å². The largest absolute Gasteiger partial charge is 0.342 e. The Bertz CT molecular complexity index is 836. The fourth-order valence-electron chi connectivity index (χ4n) is 3.25. The minimum absolute atomic E-state index is 0.138. The van der Waals surface area contributed by atoms with E-state index in [1.165, 1.54) is 5.56 Å². The molecule has 0 N–H and O–H groups in total. The minimum atomic E-state index is 0.138. The molecule has 3 heteroatoms. The minimum Gasteiger partial charge on any atom is -0.342 e. The third-order valence-electron chi connectivity index (χ3n) is 4.67. The second-order valence-corrected chi connectivity index (χ2v) is 6.41. The topological polar surface area (TPSA) is 25.2 Å². The Morgan fingerprint density at radius 2 is 1.72 bits per heavy atom. The summed E-state index contributed by atoms with van der Waals surface area (Å²) in [5, 5.41) is 1.04.